The van der Waals surface area contributed by atoms with E-state index in [1.54, 1.807) is 26.5 Å². The highest BCUT2D eigenvalue weighted by atomic mass is 16.5. The molecule has 0 spiro atoms. The summed E-state index contributed by atoms with van der Waals surface area (Å²) < 4.78 is 10.2. The van der Waals surface area contributed by atoms with E-state index in [1.807, 2.05) is 7.05 Å². The van der Waals surface area contributed by atoms with Gasteiger partial charge >= 0.3 is 0 Å². The van der Waals surface area contributed by atoms with Crippen LogP contribution in [0.2, 0.25) is 0 Å². The van der Waals surface area contributed by atoms with Gasteiger partial charge in [-0.1, -0.05) is 0 Å². The predicted molar refractivity (Wildman–Crippen MR) is 55.0 cm³/mol. The van der Waals surface area contributed by atoms with Crippen LogP contribution in [-0.4, -0.2) is 32.8 Å². The van der Waals surface area contributed by atoms with E-state index in [1.165, 1.54) is 0 Å². The van der Waals surface area contributed by atoms with Crippen molar-refractivity contribution in [1.29, 1.82) is 0 Å². The second-order valence-electron chi connectivity index (χ2n) is 2.89. The molecule has 78 valence electrons. The molecule has 0 unspecified atom stereocenters. The third kappa shape index (κ3) is 2.60. The zero-order chi connectivity index (χ0) is 10.4. The number of methoxy groups -OCH3 is 2. The molecule has 0 amide bonds. The summed E-state index contributed by atoms with van der Waals surface area (Å²) in [6.45, 7) is 0.907. The van der Waals surface area contributed by atoms with Crippen LogP contribution >= 0.6 is 0 Å². The van der Waals surface area contributed by atoms with E-state index in [4.69, 9.17) is 9.47 Å². The molecule has 0 aliphatic rings. The predicted octanol–water partition coefficient (Wildman–Crippen LogP) is 0.861. The van der Waals surface area contributed by atoms with Crippen molar-refractivity contribution in [3.05, 3.63) is 17.8 Å². The quantitative estimate of drug-likeness (QED) is 0.758. The van der Waals surface area contributed by atoms with E-state index < -0.39 is 0 Å². The largest absolute Gasteiger partial charge is 0.496 e. The summed E-state index contributed by atoms with van der Waals surface area (Å²) in [5.41, 5.74) is 1.09. The Morgan fingerprint density at radius 2 is 2.14 bits per heavy atom. The second-order valence-corrected chi connectivity index (χ2v) is 2.89. The van der Waals surface area contributed by atoms with Gasteiger partial charge in [-0.15, -0.1) is 0 Å². The van der Waals surface area contributed by atoms with E-state index in [-0.39, 0.29) is 0 Å². The van der Waals surface area contributed by atoms with Gasteiger partial charge in [0.15, 0.2) is 0 Å². The van der Waals surface area contributed by atoms with Crippen LogP contribution in [0.5, 0.6) is 11.6 Å². The molecule has 0 fully saturated rings. The Labute approximate surface area is 84.3 Å². The molecule has 1 aromatic heterocycles. The summed E-state index contributed by atoms with van der Waals surface area (Å²) in [5, 5.41) is 3.08. The molecule has 0 bridgehead atoms. The van der Waals surface area contributed by atoms with Crippen molar-refractivity contribution in [3.8, 4) is 11.6 Å². The van der Waals surface area contributed by atoms with E-state index >= 15 is 0 Å². The Morgan fingerprint density at radius 3 is 2.71 bits per heavy atom. The van der Waals surface area contributed by atoms with Crippen molar-refractivity contribution in [3.63, 3.8) is 0 Å². The Hall–Kier alpha value is -1.29. The van der Waals surface area contributed by atoms with Crippen LogP contribution in [-0.2, 0) is 6.42 Å². The fraction of sp³-hybridized carbons (Fsp3) is 0.500. The van der Waals surface area contributed by atoms with Crippen LogP contribution in [0, 0.1) is 0 Å². The molecule has 1 N–H and O–H groups in total. The standard InChI is InChI=1S/C10H16N2O2/c1-11-5-4-8-7-12-10(14-3)6-9(8)13-2/h6-7,11H,4-5H2,1-3H3. The van der Waals surface area contributed by atoms with Gasteiger partial charge in [0.1, 0.15) is 5.75 Å². The SMILES string of the molecule is CNCCc1cnc(OC)cc1OC. The monoisotopic (exact) mass is 196 g/mol. The Morgan fingerprint density at radius 1 is 1.36 bits per heavy atom. The van der Waals surface area contributed by atoms with Gasteiger partial charge < -0.3 is 14.8 Å². The summed E-state index contributed by atoms with van der Waals surface area (Å²) >= 11 is 0. The molecule has 1 aromatic rings. The van der Waals surface area contributed by atoms with Crippen molar-refractivity contribution >= 4 is 0 Å². The first-order valence-electron chi connectivity index (χ1n) is 4.53. The summed E-state index contributed by atoms with van der Waals surface area (Å²) in [4.78, 5) is 4.13. The number of pyridine rings is 1. The molecule has 0 aromatic carbocycles. The van der Waals surface area contributed by atoms with Gasteiger partial charge in [-0.05, 0) is 20.0 Å². The molecule has 0 aliphatic carbocycles. The third-order valence-electron chi connectivity index (χ3n) is 1.99. The molecule has 14 heavy (non-hydrogen) atoms. The first kappa shape index (κ1) is 10.8. The summed E-state index contributed by atoms with van der Waals surface area (Å²) in [7, 11) is 5.16. The van der Waals surface area contributed by atoms with Crippen LogP contribution in [0.1, 0.15) is 5.56 Å². The van der Waals surface area contributed by atoms with Crippen LogP contribution in [0.4, 0.5) is 0 Å². The molecule has 4 heteroatoms. The fourth-order valence-corrected chi connectivity index (χ4v) is 1.20. The minimum atomic E-state index is 0.579. The van der Waals surface area contributed by atoms with Crippen molar-refractivity contribution < 1.29 is 9.47 Å². The number of likely N-dealkylation sites (N-methyl/N-ethyl adjacent to an activating group) is 1. The smallest absolute Gasteiger partial charge is 0.216 e. The maximum atomic E-state index is 5.24. The molecule has 0 saturated carbocycles. The van der Waals surface area contributed by atoms with Crippen molar-refractivity contribution in [2.24, 2.45) is 0 Å². The highest BCUT2D eigenvalue weighted by Crippen LogP contribution is 2.21. The third-order valence-corrected chi connectivity index (χ3v) is 1.99. The molecular weight excluding hydrogens is 180 g/mol. The number of aromatic nitrogens is 1. The van der Waals surface area contributed by atoms with Gasteiger partial charge in [0.2, 0.25) is 5.88 Å². The first-order chi connectivity index (χ1) is 6.81. The number of hydrogen-bond donors (Lipinski definition) is 1. The summed E-state index contributed by atoms with van der Waals surface area (Å²) in [6, 6.07) is 1.80. The van der Waals surface area contributed by atoms with Crippen LogP contribution in [0.3, 0.4) is 0 Å². The minimum Gasteiger partial charge on any atom is -0.496 e. The number of rotatable bonds is 5. The molecule has 1 rings (SSSR count). The summed E-state index contributed by atoms with van der Waals surface area (Å²) in [6.07, 6.45) is 2.69. The van der Waals surface area contributed by atoms with Crippen LogP contribution in [0.15, 0.2) is 12.3 Å². The normalized spacial score (nSPS) is 9.93. The molecule has 0 radical (unpaired) electrons. The first-order valence-corrected chi connectivity index (χ1v) is 4.53. The van der Waals surface area contributed by atoms with E-state index in [9.17, 15) is 0 Å². The van der Waals surface area contributed by atoms with E-state index in [2.05, 4.69) is 10.3 Å². The topological polar surface area (TPSA) is 43.4 Å². The highest BCUT2D eigenvalue weighted by molar-refractivity contribution is 5.35. The highest BCUT2D eigenvalue weighted by Gasteiger charge is 2.04. The molecule has 4 nitrogen and oxygen atoms in total. The second kappa shape index (κ2) is 5.44. The van der Waals surface area contributed by atoms with Crippen LogP contribution < -0.4 is 14.8 Å². The Balaban J connectivity index is 2.82. The van der Waals surface area contributed by atoms with Gasteiger partial charge in [-0.3, -0.25) is 0 Å². The van der Waals surface area contributed by atoms with Crippen molar-refractivity contribution in [2.75, 3.05) is 27.8 Å². The van der Waals surface area contributed by atoms with E-state index in [0.717, 1.165) is 24.3 Å². The summed E-state index contributed by atoms with van der Waals surface area (Å²) in [5.74, 6) is 1.40. The molecule has 0 saturated heterocycles. The lowest BCUT2D eigenvalue weighted by Crippen LogP contribution is -2.11. The Kier molecular flexibility index (Phi) is 4.19. The fourth-order valence-electron chi connectivity index (χ4n) is 1.20. The molecule has 0 aliphatic heterocycles. The van der Waals surface area contributed by atoms with Crippen molar-refractivity contribution in [1.82, 2.24) is 10.3 Å². The lowest BCUT2D eigenvalue weighted by atomic mass is 10.2. The van der Waals surface area contributed by atoms with Crippen LogP contribution in [0.25, 0.3) is 0 Å². The maximum absolute atomic E-state index is 5.24. The number of nitrogens with zero attached hydrogens (tertiary/aromatic N) is 1. The number of ether oxygens (including phenoxy) is 2. The zero-order valence-electron chi connectivity index (χ0n) is 8.83. The lowest BCUT2D eigenvalue weighted by molar-refractivity contribution is 0.379. The van der Waals surface area contributed by atoms with Crippen molar-refractivity contribution in [2.45, 2.75) is 6.42 Å². The zero-order valence-corrected chi connectivity index (χ0v) is 8.83. The van der Waals surface area contributed by atoms with E-state index in [0.29, 0.717) is 5.88 Å². The molecular formula is C10H16N2O2. The number of hydrogen-bond acceptors (Lipinski definition) is 4. The minimum absolute atomic E-state index is 0.579. The van der Waals surface area contributed by atoms with Gasteiger partial charge in [-0.25, -0.2) is 4.98 Å². The average molecular weight is 196 g/mol. The van der Waals surface area contributed by atoms with Gasteiger partial charge in [0.25, 0.3) is 0 Å². The molecule has 0 atom stereocenters. The van der Waals surface area contributed by atoms with Gasteiger partial charge in [-0.2, -0.15) is 0 Å². The average Bonchev–Trinajstić information content (AvgIpc) is 2.26. The van der Waals surface area contributed by atoms with Gasteiger partial charge in [0.05, 0.1) is 14.2 Å². The molecule has 1 heterocycles. The lowest BCUT2D eigenvalue weighted by Gasteiger charge is -2.08. The maximum Gasteiger partial charge on any atom is 0.216 e. The van der Waals surface area contributed by atoms with Gasteiger partial charge in [0, 0.05) is 17.8 Å². The Bertz CT molecular complexity index is 289. The number of nitrogens with one attached hydrogen (secondary N) is 1.